The monoisotopic (exact) mass is 297 g/mol. The first-order valence-electron chi connectivity index (χ1n) is 5.72. The van der Waals surface area contributed by atoms with E-state index in [4.69, 9.17) is 5.73 Å². The first kappa shape index (κ1) is 14.0. The highest BCUT2D eigenvalue weighted by Gasteiger charge is 2.16. The van der Waals surface area contributed by atoms with Crippen molar-refractivity contribution in [2.75, 3.05) is 12.3 Å². The molecule has 0 radical (unpaired) electrons. The van der Waals surface area contributed by atoms with Crippen molar-refractivity contribution in [1.29, 1.82) is 0 Å². The lowest BCUT2D eigenvalue weighted by Crippen LogP contribution is -2.26. The highest BCUT2D eigenvalue weighted by Crippen LogP contribution is 2.18. The smallest absolute Gasteiger partial charge is 0.240 e. The summed E-state index contributed by atoms with van der Waals surface area (Å²) in [5.41, 5.74) is 9.36. The van der Waals surface area contributed by atoms with Crippen molar-refractivity contribution in [3.8, 4) is 0 Å². The van der Waals surface area contributed by atoms with Crippen LogP contribution in [-0.4, -0.2) is 19.9 Å². The number of nitrogens with zero attached hydrogens (tertiary/aromatic N) is 1. The summed E-state index contributed by atoms with van der Waals surface area (Å²) < 4.78 is 26.9. The summed E-state index contributed by atoms with van der Waals surface area (Å²) in [6.07, 6.45) is 0.574. The quantitative estimate of drug-likeness (QED) is 0.820. The van der Waals surface area contributed by atoms with Gasteiger partial charge < -0.3 is 5.73 Å². The molecule has 1 aromatic carbocycles. The minimum atomic E-state index is -3.52. The molecule has 5 nitrogen and oxygen atoms in total. The van der Waals surface area contributed by atoms with Gasteiger partial charge in [0.2, 0.25) is 10.0 Å². The number of sulfonamides is 1. The maximum absolute atomic E-state index is 12.1. The molecule has 0 aliphatic heterocycles. The number of nitrogens with two attached hydrogens (primary N) is 1. The van der Waals surface area contributed by atoms with Crippen LogP contribution in [0, 0.1) is 6.92 Å². The van der Waals surface area contributed by atoms with Crippen molar-refractivity contribution in [3.63, 3.8) is 0 Å². The second kappa shape index (κ2) is 5.68. The lowest BCUT2D eigenvalue weighted by molar-refractivity contribution is 0.581. The van der Waals surface area contributed by atoms with Crippen LogP contribution in [-0.2, 0) is 16.4 Å². The third-order valence-electron chi connectivity index (χ3n) is 2.66. The Labute approximate surface area is 116 Å². The molecule has 0 spiro atoms. The minimum absolute atomic E-state index is 0.228. The highest BCUT2D eigenvalue weighted by atomic mass is 32.2. The summed E-state index contributed by atoms with van der Waals surface area (Å²) in [5.74, 6) is 0. The van der Waals surface area contributed by atoms with E-state index >= 15 is 0 Å². The zero-order chi connectivity index (χ0) is 13.9. The molecular formula is C12H15N3O2S2. The maximum atomic E-state index is 12.1. The Bertz CT molecular complexity index is 652. The van der Waals surface area contributed by atoms with E-state index in [9.17, 15) is 8.42 Å². The van der Waals surface area contributed by atoms with E-state index in [1.54, 1.807) is 24.6 Å². The fourth-order valence-electron chi connectivity index (χ4n) is 1.66. The van der Waals surface area contributed by atoms with E-state index in [2.05, 4.69) is 9.71 Å². The minimum Gasteiger partial charge on any atom is -0.399 e. The highest BCUT2D eigenvalue weighted by molar-refractivity contribution is 7.89. The van der Waals surface area contributed by atoms with Crippen LogP contribution in [0.15, 0.2) is 34.0 Å². The second-order valence-corrected chi connectivity index (χ2v) is 6.61. The summed E-state index contributed by atoms with van der Waals surface area (Å²) >= 11 is 1.49. The number of nitrogen functional groups attached to an aromatic ring is 1. The van der Waals surface area contributed by atoms with Gasteiger partial charge in [-0.2, -0.15) is 0 Å². The van der Waals surface area contributed by atoms with Crippen molar-refractivity contribution in [2.45, 2.75) is 18.2 Å². The van der Waals surface area contributed by atoms with Crippen LogP contribution in [0.2, 0.25) is 0 Å². The number of aromatic nitrogens is 1. The van der Waals surface area contributed by atoms with Gasteiger partial charge >= 0.3 is 0 Å². The number of rotatable bonds is 5. The van der Waals surface area contributed by atoms with E-state index in [1.165, 1.54) is 17.4 Å². The standard InChI is InChI=1S/C12H15N3O2S2/c1-9-2-3-10(13)6-12(9)19(16,17)15-5-4-11-7-18-8-14-11/h2-3,6-8,15H,4-5,13H2,1H3. The molecule has 1 aromatic heterocycles. The van der Waals surface area contributed by atoms with Crippen LogP contribution in [0.3, 0.4) is 0 Å². The predicted octanol–water partition coefficient (Wildman–Crippen LogP) is 1.55. The average molecular weight is 297 g/mol. The molecule has 0 amide bonds. The van der Waals surface area contributed by atoms with Crippen LogP contribution in [0.4, 0.5) is 5.69 Å². The average Bonchev–Trinajstić information content (AvgIpc) is 2.85. The molecule has 3 N–H and O–H groups in total. The summed E-state index contributed by atoms with van der Waals surface area (Å²) in [6, 6.07) is 4.86. The van der Waals surface area contributed by atoms with E-state index in [0.29, 0.717) is 24.2 Å². The summed E-state index contributed by atoms with van der Waals surface area (Å²) in [4.78, 5) is 4.33. The summed E-state index contributed by atoms with van der Waals surface area (Å²) in [7, 11) is -3.52. The van der Waals surface area contributed by atoms with Crippen molar-refractivity contribution in [2.24, 2.45) is 0 Å². The van der Waals surface area contributed by atoms with E-state index < -0.39 is 10.0 Å². The Morgan fingerprint density at radius 3 is 2.89 bits per heavy atom. The second-order valence-electron chi connectivity index (χ2n) is 4.15. The molecule has 0 bridgehead atoms. The predicted molar refractivity (Wildman–Crippen MR) is 76.6 cm³/mol. The topological polar surface area (TPSA) is 85.1 Å². The molecule has 2 rings (SSSR count). The van der Waals surface area contributed by atoms with Crippen molar-refractivity contribution in [3.05, 3.63) is 40.3 Å². The molecule has 1 heterocycles. The van der Waals surface area contributed by atoms with Gasteiger partial charge in [0, 0.05) is 24.0 Å². The molecule has 0 aliphatic rings. The molecular weight excluding hydrogens is 282 g/mol. The number of anilines is 1. The SMILES string of the molecule is Cc1ccc(N)cc1S(=O)(=O)NCCc1cscn1. The molecule has 102 valence electrons. The fraction of sp³-hybridized carbons (Fsp3) is 0.250. The third-order valence-corrected chi connectivity index (χ3v) is 4.90. The van der Waals surface area contributed by atoms with E-state index in [-0.39, 0.29) is 4.90 Å². The van der Waals surface area contributed by atoms with Gasteiger partial charge in [-0.3, -0.25) is 0 Å². The number of aryl methyl sites for hydroxylation is 1. The van der Waals surface area contributed by atoms with Crippen molar-refractivity contribution < 1.29 is 8.42 Å². The van der Waals surface area contributed by atoms with Gasteiger partial charge in [-0.1, -0.05) is 6.07 Å². The van der Waals surface area contributed by atoms with Crippen LogP contribution in [0.25, 0.3) is 0 Å². The van der Waals surface area contributed by atoms with Crippen LogP contribution in [0.1, 0.15) is 11.3 Å². The van der Waals surface area contributed by atoms with Crippen molar-refractivity contribution >= 4 is 27.0 Å². The first-order chi connectivity index (χ1) is 8.99. The maximum Gasteiger partial charge on any atom is 0.240 e. The van der Waals surface area contributed by atoms with Gasteiger partial charge in [-0.05, 0) is 24.6 Å². The number of hydrogen-bond acceptors (Lipinski definition) is 5. The lowest BCUT2D eigenvalue weighted by Gasteiger charge is -2.09. The molecule has 0 unspecified atom stereocenters. The molecule has 0 atom stereocenters. The van der Waals surface area contributed by atoms with Gasteiger partial charge in [-0.25, -0.2) is 18.1 Å². The van der Waals surface area contributed by atoms with Crippen LogP contribution >= 0.6 is 11.3 Å². The van der Waals surface area contributed by atoms with Gasteiger partial charge in [0.1, 0.15) is 0 Å². The largest absolute Gasteiger partial charge is 0.399 e. The fourth-order valence-corrected chi connectivity index (χ4v) is 3.56. The van der Waals surface area contributed by atoms with E-state index in [1.807, 2.05) is 5.38 Å². The zero-order valence-electron chi connectivity index (χ0n) is 10.5. The number of benzene rings is 1. The van der Waals surface area contributed by atoms with Crippen LogP contribution in [0.5, 0.6) is 0 Å². The number of hydrogen-bond donors (Lipinski definition) is 2. The van der Waals surface area contributed by atoms with Gasteiger partial charge in [0.15, 0.2) is 0 Å². The van der Waals surface area contributed by atoms with Crippen LogP contribution < -0.4 is 10.5 Å². The summed E-state index contributed by atoms with van der Waals surface area (Å²) in [6.45, 7) is 2.06. The zero-order valence-corrected chi connectivity index (χ0v) is 12.1. The molecule has 0 saturated heterocycles. The summed E-state index contributed by atoms with van der Waals surface area (Å²) in [5, 5.41) is 1.90. The lowest BCUT2D eigenvalue weighted by atomic mass is 10.2. The molecule has 0 fully saturated rings. The Balaban J connectivity index is 2.07. The van der Waals surface area contributed by atoms with Gasteiger partial charge in [0.05, 0.1) is 16.1 Å². The molecule has 0 saturated carbocycles. The number of thiazole rings is 1. The molecule has 0 aliphatic carbocycles. The third kappa shape index (κ3) is 3.52. The first-order valence-corrected chi connectivity index (χ1v) is 8.14. The van der Waals surface area contributed by atoms with Gasteiger partial charge in [-0.15, -0.1) is 11.3 Å². The van der Waals surface area contributed by atoms with Gasteiger partial charge in [0.25, 0.3) is 0 Å². The molecule has 19 heavy (non-hydrogen) atoms. The Kier molecular flexibility index (Phi) is 4.18. The Hall–Kier alpha value is -1.44. The molecule has 7 heteroatoms. The molecule has 2 aromatic rings. The Morgan fingerprint density at radius 1 is 1.42 bits per heavy atom. The van der Waals surface area contributed by atoms with E-state index in [0.717, 1.165) is 5.69 Å². The number of nitrogens with one attached hydrogen (secondary N) is 1. The van der Waals surface area contributed by atoms with Crippen molar-refractivity contribution in [1.82, 2.24) is 9.71 Å². The normalized spacial score (nSPS) is 11.6. The Morgan fingerprint density at radius 2 is 2.21 bits per heavy atom.